The second kappa shape index (κ2) is 9.88. The smallest absolute Gasteiger partial charge is 0.342 e. The summed E-state index contributed by atoms with van der Waals surface area (Å²) < 4.78 is 5.36. The number of azo groups is 1. The molecule has 0 N–H and O–H groups in total. The Hall–Kier alpha value is -3.71. The lowest BCUT2D eigenvalue weighted by Crippen LogP contribution is -2.39. The van der Waals surface area contributed by atoms with E-state index in [0.717, 1.165) is 16.9 Å². The maximum absolute atomic E-state index is 13.1. The Balaban J connectivity index is 1.67. The summed E-state index contributed by atoms with van der Waals surface area (Å²) >= 11 is 6.00. The average Bonchev–Trinajstić information content (AvgIpc) is 3.55. The van der Waals surface area contributed by atoms with Gasteiger partial charge in [-0.25, -0.2) is 4.79 Å². The summed E-state index contributed by atoms with van der Waals surface area (Å²) in [5.74, 6) is -0.804. The van der Waals surface area contributed by atoms with Gasteiger partial charge in [-0.15, -0.1) is 0 Å². The Morgan fingerprint density at radius 1 is 1.00 bits per heavy atom. The Morgan fingerprint density at radius 3 is 2.23 bits per heavy atom. The van der Waals surface area contributed by atoms with Crippen molar-refractivity contribution in [2.75, 3.05) is 30.5 Å². The normalized spacial score (nSPS) is 19.0. The largest absolute Gasteiger partial charge is 0.464 e. The molecule has 3 aromatic carbocycles. The maximum Gasteiger partial charge on any atom is 0.342 e. The van der Waals surface area contributed by atoms with Crippen molar-refractivity contribution in [3.05, 3.63) is 83.4 Å². The van der Waals surface area contributed by atoms with Crippen LogP contribution in [0.4, 0.5) is 22.7 Å². The molecule has 2 unspecified atom stereocenters. The molecule has 4 rings (SSSR count). The maximum atomic E-state index is 13.1. The van der Waals surface area contributed by atoms with E-state index in [4.69, 9.17) is 16.3 Å². The van der Waals surface area contributed by atoms with Crippen molar-refractivity contribution in [1.29, 1.82) is 0 Å². The summed E-state index contributed by atoms with van der Waals surface area (Å²) in [4.78, 5) is 29.9. The third-order valence-electron chi connectivity index (χ3n) is 6.03. The van der Waals surface area contributed by atoms with Crippen LogP contribution in [0.5, 0.6) is 0 Å². The number of ether oxygens (including phenoxy) is 1. The third-order valence-corrected chi connectivity index (χ3v) is 6.27. The van der Waals surface area contributed by atoms with Gasteiger partial charge in [-0.3, -0.25) is 4.79 Å². The molecule has 1 aliphatic heterocycles. The van der Waals surface area contributed by atoms with Gasteiger partial charge in [0, 0.05) is 30.5 Å². The zero-order valence-corrected chi connectivity index (χ0v) is 20.9. The number of carbonyl (C=O) groups is 2. The standard InChI is InChI=1S/C27H27ClN4O3/c1-5-35-26(34)27(18(2)33)25(19-9-13-23(14-10-19)31(3)4)32(27)24-15-11-21(12-16-24)29-30-22-8-6-7-20(28)17-22/h6-17,25H,5H2,1-4H3. The fourth-order valence-corrected chi connectivity index (χ4v) is 4.47. The van der Waals surface area contributed by atoms with Crippen molar-refractivity contribution in [3.8, 4) is 0 Å². The summed E-state index contributed by atoms with van der Waals surface area (Å²) in [7, 11) is 3.92. The van der Waals surface area contributed by atoms with Crippen LogP contribution in [0.3, 0.4) is 0 Å². The molecule has 1 fully saturated rings. The van der Waals surface area contributed by atoms with E-state index < -0.39 is 17.6 Å². The number of halogens is 1. The highest BCUT2D eigenvalue weighted by molar-refractivity contribution is 6.30. The van der Waals surface area contributed by atoms with E-state index in [2.05, 4.69) is 10.2 Å². The zero-order chi connectivity index (χ0) is 25.2. The third kappa shape index (κ3) is 4.64. The molecule has 1 heterocycles. The highest BCUT2D eigenvalue weighted by atomic mass is 35.5. The van der Waals surface area contributed by atoms with E-state index in [1.165, 1.54) is 6.92 Å². The highest BCUT2D eigenvalue weighted by Crippen LogP contribution is 2.57. The fraction of sp³-hybridized carbons (Fsp3) is 0.259. The first-order valence-corrected chi connectivity index (χ1v) is 11.7. The van der Waals surface area contributed by atoms with Gasteiger partial charge >= 0.3 is 5.97 Å². The van der Waals surface area contributed by atoms with Crippen molar-refractivity contribution in [2.24, 2.45) is 10.2 Å². The molecule has 1 aliphatic rings. The number of anilines is 2. The molecular formula is C27H27ClN4O3. The number of esters is 1. The van der Waals surface area contributed by atoms with Crippen LogP contribution in [0.1, 0.15) is 25.5 Å². The van der Waals surface area contributed by atoms with Gasteiger partial charge in [-0.1, -0.05) is 29.8 Å². The van der Waals surface area contributed by atoms with Gasteiger partial charge in [0.15, 0.2) is 5.78 Å². The molecule has 3 aromatic rings. The lowest BCUT2D eigenvalue weighted by atomic mass is 9.95. The zero-order valence-electron chi connectivity index (χ0n) is 20.1. The predicted octanol–water partition coefficient (Wildman–Crippen LogP) is 6.27. The minimum atomic E-state index is -1.40. The Bertz CT molecular complexity index is 1260. The summed E-state index contributed by atoms with van der Waals surface area (Å²) in [6.45, 7) is 3.36. The van der Waals surface area contributed by atoms with Crippen molar-refractivity contribution >= 4 is 46.1 Å². The summed E-state index contributed by atoms with van der Waals surface area (Å²) in [5, 5.41) is 9.06. The molecule has 180 valence electrons. The van der Waals surface area contributed by atoms with Crippen LogP contribution in [0.2, 0.25) is 5.02 Å². The quantitative estimate of drug-likeness (QED) is 0.161. The van der Waals surface area contributed by atoms with Crippen LogP contribution < -0.4 is 9.80 Å². The van der Waals surface area contributed by atoms with E-state index in [1.807, 2.05) is 72.4 Å². The Morgan fingerprint density at radius 2 is 1.66 bits per heavy atom. The monoisotopic (exact) mass is 490 g/mol. The molecule has 2 atom stereocenters. The van der Waals surface area contributed by atoms with E-state index in [0.29, 0.717) is 16.4 Å². The van der Waals surface area contributed by atoms with Crippen molar-refractivity contribution < 1.29 is 14.3 Å². The first-order valence-electron chi connectivity index (χ1n) is 11.3. The first kappa shape index (κ1) is 24.4. The molecule has 0 bridgehead atoms. The number of Topliss-reactive ketones (excluding diaryl/α,β-unsaturated/α-hetero) is 1. The van der Waals surface area contributed by atoms with Crippen LogP contribution in [-0.2, 0) is 14.3 Å². The van der Waals surface area contributed by atoms with Crippen molar-refractivity contribution in [3.63, 3.8) is 0 Å². The van der Waals surface area contributed by atoms with Crippen LogP contribution >= 0.6 is 11.6 Å². The first-order chi connectivity index (χ1) is 16.8. The Kier molecular flexibility index (Phi) is 6.89. The lowest BCUT2D eigenvalue weighted by Gasteiger charge is -2.14. The van der Waals surface area contributed by atoms with E-state index in [-0.39, 0.29) is 12.4 Å². The van der Waals surface area contributed by atoms with E-state index in [1.54, 1.807) is 31.2 Å². The van der Waals surface area contributed by atoms with E-state index in [9.17, 15) is 9.59 Å². The average molecular weight is 491 g/mol. The molecular weight excluding hydrogens is 464 g/mol. The number of hydrogen-bond acceptors (Lipinski definition) is 7. The minimum absolute atomic E-state index is 0.191. The van der Waals surface area contributed by atoms with Crippen LogP contribution in [-0.4, -0.2) is 38.0 Å². The van der Waals surface area contributed by atoms with Gasteiger partial charge < -0.3 is 14.5 Å². The molecule has 7 nitrogen and oxygen atoms in total. The molecule has 0 spiro atoms. The predicted molar refractivity (Wildman–Crippen MR) is 138 cm³/mol. The van der Waals surface area contributed by atoms with Gasteiger partial charge in [0.2, 0.25) is 5.54 Å². The number of rotatable bonds is 8. The SMILES string of the molecule is CCOC(=O)C1(C(C)=O)C(c2ccc(N(C)C)cc2)N1c1ccc(N=Nc2cccc(Cl)c2)cc1. The molecule has 0 aliphatic carbocycles. The van der Waals surface area contributed by atoms with Crippen molar-refractivity contribution in [1.82, 2.24) is 0 Å². The lowest BCUT2D eigenvalue weighted by molar-refractivity contribution is -0.148. The summed E-state index contributed by atoms with van der Waals surface area (Å²) in [6, 6.07) is 21.8. The van der Waals surface area contributed by atoms with Gasteiger partial charge in [0.25, 0.3) is 0 Å². The molecule has 0 radical (unpaired) electrons. The molecule has 35 heavy (non-hydrogen) atoms. The van der Waals surface area contributed by atoms with Gasteiger partial charge in [-0.2, -0.15) is 10.2 Å². The van der Waals surface area contributed by atoms with Crippen LogP contribution in [0.15, 0.2) is 83.0 Å². The second-order valence-electron chi connectivity index (χ2n) is 8.50. The van der Waals surface area contributed by atoms with Gasteiger partial charge in [0.05, 0.1) is 24.0 Å². The molecule has 0 aromatic heterocycles. The van der Waals surface area contributed by atoms with Crippen LogP contribution in [0.25, 0.3) is 0 Å². The Labute approximate surface area is 210 Å². The minimum Gasteiger partial charge on any atom is -0.464 e. The number of carbonyl (C=O) groups excluding carboxylic acids is 2. The van der Waals surface area contributed by atoms with Crippen LogP contribution in [0, 0.1) is 0 Å². The molecule has 8 heteroatoms. The summed E-state index contributed by atoms with van der Waals surface area (Å²) in [6.07, 6.45) is 0. The second-order valence-corrected chi connectivity index (χ2v) is 8.93. The van der Waals surface area contributed by atoms with Gasteiger partial charge in [0.1, 0.15) is 0 Å². The number of nitrogens with zero attached hydrogens (tertiary/aromatic N) is 4. The van der Waals surface area contributed by atoms with Gasteiger partial charge in [-0.05, 0) is 74.0 Å². The number of ketones is 1. The topological polar surface area (TPSA) is 74.3 Å². The highest BCUT2D eigenvalue weighted by Gasteiger charge is 2.73. The fourth-order valence-electron chi connectivity index (χ4n) is 4.28. The summed E-state index contributed by atoms with van der Waals surface area (Å²) in [5.41, 5.74) is 2.48. The molecule has 0 saturated carbocycles. The molecule has 1 saturated heterocycles. The number of benzene rings is 3. The van der Waals surface area contributed by atoms with E-state index >= 15 is 0 Å². The molecule has 0 amide bonds. The number of hydrogen-bond donors (Lipinski definition) is 0. The van der Waals surface area contributed by atoms with Crippen molar-refractivity contribution in [2.45, 2.75) is 25.4 Å².